The molecule has 0 saturated heterocycles. The van der Waals surface area contributed by atoms with Crippen molar-refractivity contribution in [3.05, 3.63) is 46.2 Å². The van der Waals surface area contributed by atoms with E-state index in [4.69, 9.17) is 4.74 Å². The number of Topliss-reactive ketones (excluding diaryl/α,β-unsaturated/α-hetero) is 3. The van der Waals surface area contributed by atoms with E-state index in [1.165, 1.54) is 6.92 Å². The minimum atomic E-state index is -3.41. The van der Waals surface area contributed by atoms with Gasteiger partial charge in [-0.2, -0.15) is 0 Å². The van der Waals surface area contributed by atoms with Crippen LogP contribution in [0.3, 0.4) is 0 Å². The molecule has 1 N–H and O–H groups in total. The number of hydrogen-bond donors (Lipinski definition) is 1. The average molecular weight is 870 g/mol. The molecule has 1 aliphatic carbocycles. The Morgan fingerprint density at radius 3 is 2.36 bits per heavy atom. The van der Waals surface area contributed by atoms with Gasteiger partial charge in [-0.1, -0.05) is 0 Å². The van der Waals surface area contributed by atoms with Crippen molar-refractivity contribution in [2.45, 2.75) is 97.3 Å². The molecular formula is C35H51I2O7S-. The van der Waals surface area contributed by atoms with Crippen molar-refractivity contribution in [3.8, 4) is 0 Å². The Kier molecular flexibility index (Phi) is 13.2. The Morgan fingerprint density at radius 2 is 1.80 bits per heavy atom. The Bertz CT molecular complexity index is 1460. The van der Waals surface area contributed by atoms with Gasteiger partial charge in [0, 0.05) is 0 Å². The quantitative estimate of drug-likeness (QED) is 0.264. The summed E-state index contributed by atoms with van der Waals surface area (Å²) in [4.78, 5) is 40.0. The van der Waals surface area contributed by atoms with Crippen LogP contribution < -0.4 is 17.2 Å². The fourth-order valence-corrected chi connectivity index (χ4v) is 20.2. The second kappa shape index (κ2) is 15.5. The number of halogens is 2. The third-order valence-electron chi connectivity index (χ3n) is 8.58. The summed E-state index contributed by atoms with van der Waals surface area (Å²) in [6, 6.07) is 5.62. The van der Waals surface area contributed by atoms with Crippen LogP contribution in [-0.4, -0.2) is 59.6 Å². The van der Waals surface area contributed by atoms with Crippen molar-refractivity contribution in [3.63, 3.8) is 0 Å². The van der Waals surface area contributed by atoms with Crippen molar-refractivity contribution in [2.75, 3.05) is 25.2 Å². The zero-order chi connectivity index (χ0) is 33.9. The molecule has 45 heavy (non-hydrogen) atoms. The number of ketones is 3. The van der Waals surface area contributed by atoms with Gasteiger partial charge in [0.05, 0.1) is 0 Å². The first-order valence-corrected chi connectivity index (χ1v) is 26.4. The van der Waals surface area contributed by atoms with Gasteiger partial charge in [0.25, 0.3) is 0 Å². The number of allylic oxidation sites excluding steroid dienone is 2. The zero-order valence-electron chi connectivity index (χ0n) is 28.3. The monoisotopic (exact) mass is 869 g/mol. The number of carbonyl (C=O) groups is 3. The van der Waals surface area contributed by atoms with E-state index in [1.54, 1.807) is 0 Å². The van der Waals surface area contributed by atoms with Gasteiger partial charge in [0.2, 0.25) is 0 Å². The maximum atomic E-state index is 13.8. The third kappa shape index (κ3) is 10.5. The van der Waals surface area contributed by atoms with Gasteiger partial charge in [-0.05, 0) is 0 Å². The first-order valence-electron chi connectivity index (χ1n) is 15.7. The predicted molar refractivity (Wildman–Crippen MR) is 186 cm³/mol. The molecule has 0 fully saturated rings. The van der Waals surface area contributed by atoms with E-state index in [0.29, 0.717) is 37.0 Å². The van der Waals surface area contributed by atoms with Crippen LogP contribution in [0.4, 0.5) is 0 Å². The van der Waals surface area contributed by atoms with Crippen LogP contribution in [0, 0.1) is 22.7 Å². The van der Waals surface area contributed by atoms with E-state index >= 15 is 0 Å². The summed E-state index contributed by atoms with van der Waals surface area (Å²) in [7, 11) is -3.41. The van der Waals surface area contributed by atoms with Gasteiger partial charge in [0.15, 0.2) is 0 Å². The Hall–Kier alpha value is -0.990. The van der Waals surface area contributed by atoms with Crippen LogP contribution in [0.1, 0.15) is 108 Å². The number of fused-ring (bicyclic) bond motifs is 1. The summed E-state index contributed by atoms with van der Waals surface area (Å²) in [5.74, 6) is -1.07. The number of aryl methyl sites for hydroxylation is 1. The molecule has 0 bridgehead atoms. The molecule has 7 nitrogen and oxygen atoms in total. The summed E-state index contributed by atoms with van der Waals surface area (Å²) in [6.07, 6.45) is 4.66. The van der Waals surface area contributed by atoms with Crippen molar-refractivity contribution >= 4 is 47.5 Å². The van der Waals surface area contributed by atoms with E-state index < -0.39 is 53.7 Å². The SMILES string of the molecule is CCOCC(=O)C1[I-]I=C(C2=C(O)[C@H](C(C)(C)C)C(CCC(C)(C)C)CC2=O)CCc2ccc(C(CS(C)(=O)=O)C(C)=O)cc21. The molecule has 1 aromatic carbocycles. The summed E-state index contributed by atoms with van der Waals surface area (Å²) in [6.45, 7) is 16.7. The number of alkyl halides is 1. The summed E-state index contributed by atoms with van der Waals surface area (Å²) < 4.78 is 30.5. The van der Waals surface area contributed by atoms with E-state index in [1.807, 2.05) is 25.1 Å². The fraction of sp³-hybridized carbons (Fsp3) is 0.657. The van der Waals surface area contributed by atoms with Crippen molar-refractivity contribution in [2.24, 2.45) is 22.7 Å². The number of ether oxygens (including phenoxy) is 1. The number of aliphatic hydroxyl groups is 1. The summed E-state index contributed by atoms with van der Waals surface area (Å²) >= 11 is -1.46. The number of sulfone groups is 1. The molecule has 0 spiro atoms. The topological polar surface area (TPSA) is 115 Å². The molecule has 1 aromatic rings. The molecule has 3 rings (SSSR count). The first kappa shape index (κ1) is 38.5. The van der Waals surface area contributed by atoms with Crippen LogP contribution in [0.15, 0.2) is 29.5 Å². The van der Waals surface area contributed by atoms with Gasteiger partial charge in [-0.25, -0.2) is 0 Å². The van der Waals surface area contributed by atoms with Crippen LogP contribution >= 0.6 is 16.8 Å². The first-order chi connectivity index (χ1) is 20.7. The molecule has 1 aliphatic heterocycles. The second-order valence-corrected chi connectivity index (χ2v) is 26.3. The standard InChI is InChI=1S/C35H51I2O7S/c1-10-44-19-29(40)32-25-17-23(26(21(2)38)20-45(9,42)43)12-11-22(25)13-14-27(36-37-32)30-28(39)18-24(15-16-34(3,4)5)31(33(30)41)35(6,7)8/h11-12,17,24,26,31-32,41H,10,13-16,18-20H2,1-9H3/q-1/t24?,26?,31-,32?/m1/s1. The van der Waals surface area contributed by atoms with E-state index in [9.17, 15) is 27.9 Å². The van der Waals surface area contributed by atoms with Crippen LogP contribution in [0.25, 0.3) is 0 Å². The van der Waals surface area contributed by atoms with Crippen LogP contribution in [-0.2, 0) is 35.4 Å². The van der Waals surface area contributed by atoms with Crippen LogP contribution in [0.2, 0.25) is 0 Å². The molecule has 2 aliphatic rings. The van der Waals surface area contributed by atoms with E-state index in [-0.39, 0.29) is 58.1 Å². The van der Waals surface area contributed by atoms with Gasteiger partial charge >= 0.3 is 289 Å². The van der Waals surface area contributed by atoms with E-state index in [0.717, 1.165) is 33.7 Å². The number of carbonyl (C=O) groups excluding carboxylic acids is 3. The maximum absolute atomic E-state index is 13.8. The van der Waals surface area contributed by atoms with Crippen molar-refractivity contribution in [1.82, 2.24) is 0 Å². The number of rotatable bonds is 11. The van der Waals surface area contributed by atoms with E-state index in [2.05, 4.69) is 41.5 Å². The van der Waals surface area contributed by atoms with Crippen molar-refractivity contribution < 1.29 is 49.9 Å². The molecule has 0 saturated carbocycles. The number of hydrogen-bond acceptors (Lipinski definition) is 7. The summed E-state index contributed by atoms with van der Waals surface area (Å²) in [5.41, 5.74) is 2.91. The van der Waals surface area contributed by atoms with Gasteiger partial charge < -0.3 is 0 Å². The molecule has 0 radical (unpaired) electrons. The average Bonchev–Trinajstić information content (AvgIpc) is 2.88. The molecule has 3 unspecified atom stereocenters. The molecule has 0 amide bonds. The molecule has 254 valence electrons. The molecule has 0 aromatic heterocycles. The van der Waals surface area contributed by atoms with Crippen molar-refractivity contribution in [1.29, 1.82) is 0 Å². The van der Waals surface area contributed by atoms with Gasteiger partial charge in [0.1, 0.15) is 0 Å². The molecule has 1 heterocycles. The molecular weight excluding hydrogens is 818 g/mol. The third-order valence-corrected chi connectivity index (χ3v) is 21.2. The Labute approximate surface area is 286 Å². The molecule has 4 atom stereocenters. The van der Waals surface area contributed by atoms with Gasteiger partial charge in [-0.3, -0.25) is 0 Å². The number of benzene rings is 1. The minimum absolute atomic E-state index is 0.0163. The fourth-order valence-electron chi connectivity index (χ4n) is 6.39. The second-order valence-electron chi connectivity index (χ2n) is 14.8. The Morgan fingerprint density at radius 1 is 1.13 bits per heavy atom. The normalized spacial score (nSPS) is 22.6. The number of aliphatic hydroxyl groups excluding tert-OH is 1. The van der Waals surface area contributed by atoms with Crippen LogP contribution in [0.5, 0.6) is 0 Å². The Balaban J connectivity index is 2.09. The predicted octanol–water partition coefficient (Wildman–Crippen LogP) is 4.03. The summed E-state index contributed by atoms with van der Waals surface area (Å²) in [5, 5.41) is 11.9. The zero-order valence-corrected chi connectivity index (χ0v) is 33.4. The van der Waals surface area contributed by atoms with Gasteiger partial charge in [-0.15, -0.1) is 0 Å². The molecule has 10 heteroatoms.